The van der Waals surface area contributed by atoms with Gasteiger partial charge in [-0.2, -0.15) is 0 Å². The lowest BCUT2D eigenvalue weighted by Crippen LogP contribution is -2.49. The molecule has 2 amide bonds. The van der Waals surface area contributed by atoms with E-state index in [-0.39, 0.29) is 11.4 Å². The molecule has 0 bridgehead atoms. The molecule has 5 heteroatoms. The number of hydrogen-bond acceptors (Lipinski definition) is 2. The number of halogens is 1. The highest BCUT2D eigenvalue weighted by atomic mass is 79.9. The van der Waals surface area contributed by atoms with Crippen molar-refractivity contribution in [2.24, 2.45) is 5.41 Å². The molecule has 0 saturated carbocycles. The number of ether oxygens (including phenoxy) is 1. The van der Waals surface area contributed by atoms with Gasteiger partial charge in [-0.25, -0.2) is 4.79 Å². The van der Waals surface area contributed by atoms with E-state index in [4.69, 9.17) is 4.74 Å². The first-order chi connectivity index (χ1) is 8.89. The molecule has 1 heterocycles. The Kier molecular flexibility index (Phi) is 4.16. The van der Waals surface area contributed by atoms with Crippen LogP contribution < -0.4 is 5.32 Å². The third kappa shape index (κ3) is 3.48. The lowest BCUT2D eigenvalue weighted by molar-refractivity contribution is -0.108. The van der Waals surface area contributed by atoms with Gasteiger partial charge in [-0.15, -0.1) is 0 Å². The summed E-state index contributed by atoms with van der Waals surface area (Å²) in [4.78, 5) is 13.8. The summed E-state index contributed by atoms with van der Waals surface area (Å²) in [5.41, 5.74) is 2.04. The molecule has 0 aliphatic carbocycles. The highest BCUT2D eigenvalue weighted by molar-refractivity contribution is 9.10. The SMILES string of the molecule is Cc1ccc(NC(=O)N(C)CC2(C)COC2)cc1Br. The van der Waals surface area contributed by atoms with Crippen LogP contribution in [-0.2, 0) is 4.74 Å². The molecule has 1 fully saturated rings. The Bertz CT molecular complexity index is 486. The van der Waals surface area contributed by atoms with Crippen LogP contribution in [0.4, 0.5) is 10.5 Å². The van der Waals surface area contributed by atoms with Crippen molar-refractivity contribution in [2.45, 2.75) is 13.8 Å². The topological polar surface area (TPSA) is 41.6 Å². The zero-order chi connectivity index (χ0) is 14.0. The van der Waals surface area contributed by atoms with E-state index in [2.05, 4.69) is 28.2 Å². The van der Waals surface area contributed by atoms with Gasteiger partial charge in [0.05, 0.1) is 13.2 Å². The van der Waals surface area contributed by atoms with Crippen LogP contribution in [0.25, 0.3) is 0 Å². The van der Waals surface area contributed by atoms with Crippen molar-refractivity contribution in [3.63, 3.8) is 0 Å². The summed E-state index contributed by atoms with van der Waals surface area (Å²) < 4.78 is 6.19. The molecule has 2 rings (SSSR count). The number of nitrogens with one attached hydrogen (secondary N) is 1. The van der Waals surface area contributed by atoms with E-state index in [1.807, 2.05) is 32.2 Å². The van der Waals surface area contributed by atoms with Crippen LogP contribution in [0.2, 0.25) is 0 Å². The number of rotatable bonds is 3. The fourth-order valence-corrected chi connectivity index (χ4v) is 2.45. The summed E-state index contributed by atoms with van der Waals surface area (Å²) in [5, 5.41) is 2.90. The van der Waals surface area contributed by atoms with Crippen molar-refractivity contribution < 1.29 is 9.53 Å². The minimum atomic E-state index is -0.0936. The Labute approximate surface area is 122 Å². The zero-order valence-corrected chi connectivity index (χ0v) is 13.1. The molecule has 104 valence electrons. The average Bonchev–Trinajstić information content (AvgIpc) is 2.31. The summed E-state index contributed by atoms with van der Waals surface area (Å²) in [6, 6.07) is 5.69. The smallest absolute Gasteiger partial charge is 0.321 e. The number of aryl methyl sites for hydroxylation is 1. The third-order valence-corrected chi connectivity index (χ3v) is 4.14. The second-order valence-corrected chi connectivity index (χ2v) is 6.41. The van der Waals surface area contributed by atoms with Gasteiger partial charge in [0.1, 0.15) is 0 Å². The van der Waals surface area contributed by atoms with Crippen LogP contribution in [-0.4, -0.2) is 37.7 Å². The third-order valence-electron chi connectivity index (χ3n) is 3.29. The van der Waals surface area contributed by atoms with Gasteiger partial charge in [0.15, 0.2) is 0 Å². The Hall–Kier alpha value is -1.07. The van der Waals surface area contributed by atoms with Crippen LogP contribution in [0, 0.1) is 12.3 Å². The molecule has 1 saturated heterocycles. The molecule has 0 atom stereocenters. The number of amides is 2. The predicted octanol–water partition coefficient (Wildman–Crippen LogP) is 3.26. The van der Waals surface area contributed by atoms with Gasteiger partial charge in [0, 0.05) is 29.2 Å². The zero-order valence-electron chi connectivity index (χ0n) is 11.5. The largest absolute Gasteiger partial charge is 0.380 e. The minimum absolute atomic E-state index is 0.0936. The van der Waals surface area contributed by atoms with Crippen molar-refractivity contribution in [3.05, 3.63) is 28.2 Å². The van der Waals surface area contributed by atoms with Crippen molar-refractivity contribution in [3.8, 4) is 0 Å². The van der Waals surface area contributed by atoms with Gasteiger partial charge in [-0.3, -0.25) is 0 Å². The number of urea groups is 1. The molecule has 1 aromatic carbocycles. The van der Waals surface area contributed by atoms with Gasteiger partial charge >= 0.3 is 6.03 Å². The maximum atomic E-state index is 12.1. The molecule has 1 aromatic rings. The first-order valence-electron chi connectivity index (χ1n) is 6.26. The second kappa shape index (κ2) is 5.51. The molecule has 0 radical (unpaired) electrons. The lowest BCUT2D eigenvalue weighted by atomic mass is 9.88. The van der Waals surface area contributed by atoms with E-state index in [1.165, 1.54) is 0 Å². The van der Waals surface area contributed by atoms with E-state index in [9.17, 15) is 4.79 Å². The standard InChI is InChI=1S/C14H19BrN2O2/c1-10-4-5-11(6-12(10)15)16-13(18)17(3)7-14(2)8-19-9-14/h4-6H,7-9H2,1-3H3,(H,16,18). The minimum Gasteiger partial charge on any atom is -0.380 e. The Morgan fingerprint density at radius 3 is 2.74 bits per heavy atom. The Morgan fingerprint density at radius 1 is 1.53 bits per heavy atom. The highest BCUT2D eigenvalue weighted by Gasteiger charge is 2.35. The monoisotopic (exact) mass is 326 g/mol. The van der Waals surface area contributed by atoms with Gasteiger partial charge < -0.3 is 15.0 Å². The summed E-state index contributed by atoms with van der Waals surface area (Å²) >= 11 is 3.46. The summed E-state index contributed by atoms with van der Waals surface area (Å²) in [6.07, 6.45) is 0. The van der Waals surface area contributed by atoms with E-state index in [0.29, 0.717) is 6.54 Å². The average molecular weight is 327 g/mol. The number of hydrogen-bond donors (Lipinski definition) is 1. The van der Waals surface area contributed by atoms with E-state index in [1.54, 1.807) is 4.90 Å². The number of anilines is 1. The van der Waals surface area contributed by atoms with Crippen LogP contribution in [0.15, 0.2) is 22.7 Å². The quantitative estimate of drug-likeness (QED) is 0.926. The molecule has 0 unspecified atom stereocenters. The fraction of sp³-hybridized carbons (Fsp3) is 0.500. The molecule has 0 aromatic heterocycles. The number of carbonyl (C=O) groups is 1. The van der Waals surface area contributed by atoms with Crippen LogP contribution in [0.1, 0.15) is 12.5 Å². The maximum absolute atomic E-state index is 12.1. The molecule has 0 spiro atoms. The summed E-state index contributed by atoms with van der Waals surface area (Å²) in [7, 11) is 1.81. The van der Waals surface area contributed by atoms with Crippen LogP contribution in [0.5, 0.6) is 0 Å². The molecular formula is C14H19BrN2O2. The first kappa shape index (κ1) is 14.3. The van der Waals surface area contributed by atoms with E-state index >= 15 is 0 Å². The summed E-state index contributed by atoms with van der Waals surface area (Å²) in [5.74, 6) is 0. The maximum Gasteiger partial charge on any atom is 0.321 e. The lowest BCUT2D eigenvalue weighted by Gasteiger charge is -2.40. The molecule has 1 aliphatic heterocycles. The fourth-order valence-electron chi connectivity index (χ4n) is 2.08. The van der Waals surface area contributed by atoms with Gasteiger partial charge in [0.2, 0.25) is 0 Å². The van der Waals surface area contributed by atoms with Gasteiger partial charge in [-0.1, -0.05) is 28.9 Å². The molecule has 1 aliphatic rings. The molecule has 19 heavy (non-hydrogen) atoms. The Morgan fingerprint density at radius 2 is 2.21 bits per heavy atom. The van der Waals surface area contributed by atoms with Crippen molar-refractivity contribution in [1.29, 1.82) is 0 Å². The number of nitrogens with zero attached hydrogens (tertiary/aromatic N) is 1. The molecule has 4 nitrogen and oxygen atoms in total. The second-order valence-electron chi connectivity index (χ2n) is 5.55. The van der Waals surface area contributed by atoms with E-state index in [0.717, 1.165) is 28.9 Å². The van der Waals surface area contributed by atoms with Crippen LogP contribution in [0.3, 0.4) is 0 Å². The van der Waals surface area contributed by atoms with E-state index < -0.39 is 0 Å². The highest BCUT2D eigenvalue weighted by Crippen LogP contribution is 2.27. The normalized spacial score (nSPS) is 16.6. The van der Waals surface area contributed by atoms with Crippen LogP contribution >= 0.6 is 15.9 Å². The number of carbonyl (C=O) groups excluding carboxylic acids is 1. The first-order valence-corrected chi connectivity index (χ1v) is 7.05. The van der Waals surface area contributed by atoms with Crippen molar-refractivity contribution in [1.82, 2.24) is 4.90 Å². The van der Waals surface area contributed by atoms with Gasteiger partial charge in [-0.05, 0) is 24.6 Å². The van der Waals surface area contributed by atoms with Crippen molar-refractivity contribution in [2.75, 3.05) is 32.1 Å². The van der Waals surface area contributed by atoms with Gasteiger partial charge in [0.25, 0.3) is 0 Å². The molecular weight excluding hydrogens is 308 g/mol. The molecule has 1 N–H and O–H groups in total. The number of benzene rings is 1. The Balaban J connectivity index is 1.94. The predicted molar refractivity (Wildman–Crippen MR) is 79.5 cm³/mol. The van der Waals surface area contributed by atoms with Crippen molar-refractivity contribution >= 4 is 27.6 Å². The summed E-state index contributed by atoms with van der Waals surface area (Å²) in [6.45, 7) is 6.29.